The zero-order valence-corrected chi connectivity index (χ0v) is 27.5. The van der Waals surface area contributed by atoms with E-state index in [4.69, 9.17) is 4.74 Å². The van der Waals surface area contributed by atoms with Crippen LogP contribution in [0.25, 0.3) is 10.8 Å². The standard InChI is InChI=1S/C39H45N3O5/c1-6-21-40(29-15-9-8-10-16-29)35(44)32-33-36(45)42(31(25-43)23-26(3)4)34(39(33)20-19-38(32,5)47-39)37(46)41(22-7-2)30-18-17-27-13-11-12-14-28(27)24-30/h6-18,24,26,31-34,43H,1-2,19-23,25H2,3-5H3/t31-,32+,33+,34?,38-,39?/m1/s1. The lowest BCUT2D eigenvalue weighted by molar-refractivity contribution is -0.148. The van der Waals surface area contributed by atoms with Gasteiger partial charge < -0.3 is 24.5 Å². The third-order valence-electron chi connectivity index (χ3n) is 10.3. The lowest BCUT2D eigenvalue weighted by atomic mass is 9.66. The first-order valence-corrected chi connectivity index (χ1v) is 16.6. The van der Waals surface area contributed by atoms with Gasteiger partial charge in [-0.2, -0.15) is 0 Å². The van der Waals surface area contributed by atoms with Crippen LogP contribution in [0.2, 0.25) is 0 Å². The molecule has 6 rings (SSSR count). The van der Waals surface area contributed by atoms with E-state index >= 15 is 4.79 Å². The maximum absolute atomic E-state index is 15.1. The van der Waals surface area contributed by atoms with E-state index < -0.39 is 35.1 Å². The minimum absolute atomic E-state index is 0.145. The number of aliphatic hydroxyl groups is 1. The Morgan fingerprint density at radius 2 is 1.57 bits per heavy atom. The number of benzene rings is 3. The number of ether oxygens (including phenoxy) is 1. The molecule has 3 aromatic rings. The number of carbonyl (C=O) groups is 3. The first kappa shape index (κ1) is 32.7. The third-order valence-corrected chi connectivity index (χ3v) is 10.3. The molecule has 3 fully saturated rings. The molecular weight excluding hydrogens is 590 g/mol. The monoisotopic (exact) mass is 635 g/mol. The number of rotatable bonds is 12. The van der Waals surface area contributed by atoms with Crippen LogP contribution < -0.4 is 9.80 Å². The number of fused-ring (bicyclic) bond motifs is 2. The van der Waals surface area contributed by atoms with Gasteiger partial charge in [-0.25, -0.2) is 0 Å². The fraction of sp³-hybridized carbons (Fsp3) is 0.410. The molecule has 2 unspecified atom stereocenters. The van der Waals surface area contributed by atoms with Gasteiger partial charge in [0.1, 0.15) is 11.6 Å². The smallest absolute Gasteiger partial charge is 0.253 e. The van der Waals surface area contributed by atoms with E-state index in [-0.39, 0.29) is 43.3 Å². The molecular formula is C39H45N3O5. The van der Waals surface area contributed by atoms with Crippen molar-refractivity contribution in [3.63, 3.8) is 0 Å². The van der Waals surface area contributed by atoms with Crippen LogP contribution in [-0.4, -0.2) is 70.7 Å². The molecule has 8 nitrogen and oxygen atoms in total. The number of nitrogens with zero attached hydrogens (tertiary/aromatic N) is 3. The Balaban J connectivity index is 1.47. The number of carbonyl (C=O) groups excluding carboxylic acids is 3. The third kappa shape index (κ3) is 5.37. The second-order valence-corrected chi connectivity index (χ2v) is 13.8. The van der Waals surface area contributed by atoms with E-state index in [9.17, 15) is 14.7 Å². The summed E-state index contributed by atoms with van der Waals surface area (Å²) in [7, 11) is 0. The van der Waals surface area contributed by atoms with Crippen LogP contribution in [0.5, 0.6) is 0 Å². The summed E-state index contributed by atoms with van der Waals surface area (Å²) in [4.78, 5) is 49.6. The van der Waals surface area contributed by atoms with Crippen molar-refractivity contribution in [3.05, 3.63) is 98.1 Å². The summed E-state index contributed by atoms with van der Waals surface area (Å²) >= 11 is 0. The van der Waals surface area contributed by atoms with Gasteiger partial charge in [0, 0.05) is 24.5 Å². The van der Waals surface area contributed by atoms with Gasteiger partial charge in [-0.15, -0.1) is 13.2 Å². The molecule has 246 valence electrons. The Morgan fingerprint density at radius 3 is 2.21 bits per heavy atom. The van der Waals surface area contributed by atoms with Crippen LogP contribution in [0.3, 0.4) is 0 Å². The van der Waals surface area contributed by atoms with E-state index in [2.05, 4.69) is 13.2 Å². The van der Waals surface area contributed by atoms with Crippen LogP contribution >= 0.6 is 0 Å². The van der Waals surface area contributed by atoms with Gasteiger partial charge in [0.25, 0.3) is 5.91 Å². The first-order chi connectivity index (χ1) is 22.6. The first-order valence-electron chi connectivity index (χ1n) is 16.6. The van der Waals surface area contributed by atoms with E-state index in [0.29, 0.717) is 30.6 Å². The summed E-state index contributed by atoms with van der Waals surface area (Å²) in [6.07, 6.45) is 4.81. The van der Waals surface area contributed by atoms with Gasteiger partial charge in [0.15, 0.2) is 0 Å². The Hall–Kier alpha value is -4.27. The van der Waals surface area contributed by atoms with Gasteiger partial charge >= 0.3 is 0 Å². The molecule has 3 aliphatic heterocycles. The highest BCUT2D eigenvalue weighted by atomic mass is 16.5. The van der Waals surface area contributed by atoms with Gasteiger partial charge in [-0.05, 0) is 67.1 Å². The maximum atomic E-state index is 15.1. The molecule has 0 saturated carbocycles. The summed E-state index contributed by atoms with van der Waals surface area (Å²) in [5.41, 5.74) is -0.803. The van der Waals surface area contributed by atoms with Crippen molar-refractivity contribution >= 4 is 39.9 Å². The summed E-state index contributed by atoms with van der Waals surface area (Å²) in [5, 5.41) is 12.8. The lowest BCUT2D eigenvalue weighted by Gasteiger charge is -2.40. The minimum Gasteiger partial charge on any atom is -0.394 e. The van der Waals surface area contributed by atoms with E-state index in [1.165, 1.54) is 0 Å². The van der Waals surface area contributed by atoms with Crippen molar-refractivity contribution in [3.8, 4) is 0 Å². The molecule has 3 saturated heterocycles. The van der Waals surface area contributed by atoms with Crippen molar-refractivity contribution < 1.29 is 24.2 Å². The predicted octanol–water partition coefficient (Wildman–Crippen LogP) is 5.75. The van der Waals surface area contributed by atoms with Crippen LogP contribution in [0.15, 0.2) is 98.1 Å². The van der Waals surface area contributed by atoms with Crippen molar-refractivity contribution in [2.24, 2.45) is 17.8 Å². The Labute approximate surface area is 277 Å². The number of aliphatic hydroxyl groups excluding tert-OH is 1. The molecule has 6 atom stereocenters. The van der Waals surface area contributed by atoms with Gasteiger partial charge in [-0.1, -0.05) is 74.5 Å². The molecule has 3 aromatic carbocycles. The van der Waals surface area contributed by atoms with E-state index in [0.717, 1.165) is 10.8 Å². The molecule has 3 amide bonds. The van der Waals surface area contributed by atoms with Gasteiger partial charge in [-0.3, -0.25) is 14.4 Å². The summed E-state index contributed by atoms with van der Waals surface area (Å²) < 4.78 is 6.95. The normalized spacial score (nSPS) is 26.8. The average Bonchev–Trinajstić information content (AvgIpc) is 3.65. The Kier molecular flexibility index (Phi) is 8.85. The minimum atomic E-state index is -1.24. The molecule has 3 aliphatic rings. The number of likely N-dealkylation sites (tertiary alicyclic amines) is 1. The summed E-state index contributed by atoms with van der Waals surface area (Å²) in [6, 6.07) is 21.5. The molecule has 47 heavy (non-hydrogen) atoms. The highest BCUT2D eigenvalue weighted by molar-refractivity contribution is 6.07. The molecule has 0 radical (unpaired) electrons. The molecule has 1 spiro atoms. The number of hydrogen-bond acceptors (Lipinski definition) is 5. The Morgan fingerprint density at radius 1 is 0.936 bits per heavy atom. The Bertz CT molecular complexity index is 1690. The van der Waals surface area contributed by atoms with Crippen LogP contribution in [0.1, 0.15) is 40.0 Å². The van der Waals surface area contributed by atoms with Crippen LogP contribution in [0, 0.1) is 17.8 Å². The molecule has 2 bridgehead atoms. The van der Waals surface area contributed by atoms with Crippen LogP contribution in [-0.2, 0) is 19.1 Å². The number of hydrogen-bond donors (Lipinski definition) is 1. The zero-order valence-electron chi connectivity index (χ0n) is 27.5. The molecule has 0 aliphatic carbocycles. The SMILES string of the molecule is C=CCN(C(=O)C1N([C@@H](CO)CC(C)C)C(=O)[C@@H]2[C@@H](C(=O)N(CC=C)c3ccccc3)[C@@]3(C)CCC12O3)c1ccc2ccccc2c1. The zero-order chi connectivity index (χ0) is 33.5. The fourth-order valence-corrected chi connectivity index (χ4v) is 8.40. The second kappa shape index (κ2) is 12.7. The lowest BCUT2D eigenvalue weighted by Crippen LogP contribution is -2.59. The summed E-state index contributed by atoms with van der Waals surface area (Å²) in [5.74, 6) is -2.41. The molecule has 8 heteroatoms. The number of amides is 3. The van der Waals surface area contributed by atoms with Crippen molar-refractivity contribution in [2.45, 2.75) is 63.3 Å². The highest BCUT2D eigenvalue weighted by Gasteiger charge is 2.79. The summed E-state index contributed by atoms with van der Waals surface area (Å²) in [6.45, 7) is 14.0. The average molecular weight is 636 g/mol. The number of para-hydroxylation sites is 1. The van der Waals surface area contributed by atoms with Crippen molar-refractivity contribution in [1.82, 2.24) is 4.90 Å². The molecule has 3 heterocycles. The van der Waals surface area contributed by atoms with Gasteiger partial charge in [0.05, 0.1) is 30.1 Å². The van der Waals surface area contributed by atoms with E-state index in [1.807, 2.05) is 93.6 Å². The highest BCUT2D eigenvalue weighted by Crippen LogP contribution is 2.64. The topological polar surface area (TPSA) is 90.4 Å². The van der Waals surface area contributed by atoms with Crippen molar-refractivity contribution in [2.75, 3.05) is 29.5 Å². The molecule has 1 N–H and O–H groups in total. The largest absolute Gasteiger partial charge is 0.394 e. The van der Waals surface area contributed by atoms with E-state index in [1.54, 1.807) is 26.9 Å². The fourth-order valence-electron chi connectivity index (χ4n) is 8.40. The van der Waals surface area contributed by atoms with Crippen LogP contribution in [0.4, 0.5) is 11.4 Å². The second-order valence-electron chi connectivity index (χ2n) is 13.8. The molecule has 0 aromatic heterocycles. The van der Waals surface area contributed by atoms with Gasteiger partial charge in [0.2, 0.25) is 11.8 Å². The number of anilines is 2. The quantitative estimate of drug-likeness (QED) is 0.256. The van der Waals surface area contributed by atoms with Crippen molar-refractivity contribution in [1.29, 1.82) is 0 Å². The predicted molar refractivity (Wildman–Crippen MR) is 185 cm³/mol. The maximum Gasteiger partial charge on any atom is 0.253 e.